The van der Waals surface area contributed by atoms with Gasteiger partial charge < -0.3 is 4.90 Å². The number of carbonyl (C=O) groups is 1. The van der Waals surface area contributed by atoms with E-state index in [4.69, 9.17) is 0 Å². The highest BCUT2D eigenvalue weighted by Crippen LogP contribution is 2.30. The van der Waals surface area contributed by atoms with Gasteiger partial charge >= 0.3 is 0 Å². The first-order valence-corrected chi connectivity index (χ1v) is 4.88. The van der Waals surface area contributed by atoms with Gasteiger partial charge in [-0.25, -0.2) is 0 Å². The third-order valence-corrected chi connectivity index (χ3v) is 3.23. The Morgan fingerprint density at radius 1 is 1.55 bits per heavy atom. The first-order chi connectivity index (χ1) is 5.01. The summed E-state index contributed by atoms with van der Waals surface area (Å²) in [4.78, 5) is 13.2. The molecule has 0 aromatic rings. The molecule has 1 heterocycles. The normalized spacial score (nSPS) is 25.0. The van der Waals surface area contributed by atoms with Crippen molar-refractivity contribution >= 4 is 17.7 Å². The van der Waals surface area contributed by atoms with Crippen molar-refractivity contribution in [3.8, 4) is 0 Å². The second-order valence-corrected chi connectivity index (χ2v) is 5.40. The van der Waals surface area contributed by atoms with E-state index in [-0.39, 0.29) is 10.7 Å². The molecule has 0 radical (unpaired) electrons. The predicted molar refractivity (Wildman–Crippen MR) is 48.8 cm³/mol. The van der Waals surface area contributed by atoms with Gasteiger partial charge in [-0.2, -0.15) is 11.8 Å². The molecule has 0 aliphatic carbocycles. The molecule has 1 saturated heterocycles. The Bertz CT molecular complexity index is 167. The third-order valence-electron chi connectivity index (χ3n) is 1.92. The molecule has 0 N–H and O–H groups in total. The van der Waals surface area contributed by atoms with Crippen molar-refractivity contribution in [2.24, 2.45) is 0 Å². The van der Waals surface area contributed by atoms with Crippen molar-refractivity contribution in [3.63, 3.8) is 0 Å². The van der Waals surface area contributed by atoms with Gasteiger partial charge in [0.05, 0.1) is 0 Å². The van der Waals surface area contributed by atoms with Gasteiger partial charge in [0.25, 0.3) is 0 Å². The van der Waals surface area contributed by atoms with Crippen LogP contribution >= 0.6 is 11.8 Å². The van der Waals surface area contributed by atoms with E-state index in [0.29, 0.717) is 6.42 Å². The molecule has 0 unspecified atom stereocenters. The lowest BCUT2D eigenvalue weighted by atomic mass is 10.1. The molecule has 64 valence electrons. The molecular weight excluding hydrogens is 158 g/mol. The zero-order valence-electron chi connectivity index (χ0n) is 7.39. The average Bonchev–Trinajstić information content (AvgIpc) is 1.93. The van der Waals surface area contributed by atoms with E-state index in [1.165, 1.54) is 0 Å². The quantitative estimate of drug-likeness (QED) is 0.551. The Hall–Kier alpha value is -0.180. The average molecular weight is 173 g/mol. The lowest BCUT2D eigenvalue weighted by Gasteiger charge is -2.19. The van der Waals surface area contributed by atoms with Crippen LogP contribution in [0.4, 0.5) is 0 Å². The zero-order valence-corrected chi connectivity index (χ0v) is 8.20. The van der Waals surface area contributed by atoms with Crippen LogP contribution in [0.25, 0.3) is 0 Å². The maximum atomic E-state index is 11.3. The first-order valence-electron chi connectivity index (χ1n) is 3.89. The second-order valence-electron chi connectivity index (χ2n) is 3.60. The van der Waals surface area contributed by atoms with Crippen molar-refractivity contribution < 1.29 is 4.79 Å². The highest BCUT2D eigenvalue weighted by molar-refractivity contribution is 8.00. The SMILES string of the molecule is CN1CCSC(C)(C)CC1=O. The van der Waals surface area contributed by atoms with Crippen LogP contribution < -0.4 is 0 Å². The molecule has 0 aromatic carbocycles. The summed E-state index contributed by atoms with van der Waals surface area (Å²) in [7, 11) is 1.88. The second kappa shape index (κ2) is 3.05. The smallest absolute Gasteiger partial charge is 0.223 e. The van der Waals surface area contributed by atoms with Gasteiger partial charge in [-0.1, -0.05) is 13.8 Å². The molecule has 0 bridgehead atoms. The fraction of sp³-hybridized carbons (Fsp3) is 0.875. The minimum absolute atomic E-state index is 0.141. The largest absolute Gasteiger partial charge is 0.345 e. The number of hydrogen-bond acceptors (Lipinski definition) is 2. The standard InChI is InChI=1S/C8H15NOS/c1-8(2)6-7(10)9(3)4-5-11-8/h4-6H2,1-3H3. The van der Waals surface area contributed by atoms with Crippen molar-refractivity contribution in [3.05, 3.63) is 0 Å². The molecule has 1 aliphatic heterocycles. The van der Waals surface area contributed by atoms with Gasteiger partial charge in [-0.05, 0) is 0 Å². The molecule has 2 nitrogen and oxygen atoms in total. The molecule has 3 heteroatoms. The van der Waals surface area contributed by atoms with Crippen molar-refractivity contribution in [1.29, 1.82) is 0 Å². The Labute approximate surface area is 72.3 Å². The van der Waals surface area contributed by atoms with Gasteiger partial charge in [0.15, 0.2) is 0 Å². The van der Waals surface area contributed by atoms with Crippen LogP contribution in [0.2, 0.25) is 0 Å². The van der Waals surface area contributed by atoms with Crippen LogP contribution in [0.3, 0.4) is 0 Å². The molecule has 1 aliphatic rings. The van der Waals surface area contributed by atoms with Crippen LogP contribution in [-0.4, -0.2) is 34.9 Å². The van der Waals surface area contributed by atoms with E-state index in [0.717, 1.165) is 12.3 Å². The third kappa shape index (κ3) is 2.40. The summed E-state index contributed by atoms with van der Waals surface area (Å²) in [5.41, 5.74) is 0. The van der Waals surface area contributed by atoms with E-state index in [1.54, 1.807) is 0 Å². The summed E-state index contributed by atoms with van der Waals surface area (Å²) in [5.74, 6) is 1.34. The maximum Gasteiger partial charge on any atom is 0.223 e. The number of rotatable bonds is 0. The molecule has 1 rings (SSSR count). The highest BCUT2D eigenvalue weighted by Gasteiger charge is 2.27. The van der Waals surface area contributed by atoms with Crippen molar-refractivity contribution in [2.45, 2.75) is 25.0 Å². The lowest BCUT2D eigenvalue weighted by Crippen LogP contribution is -2.29. The number of nitrogens with zero attached hydrogens (tertiary/aromatic N) is 1. The van der Waals surface area contributed by atoms with Crippen molar-refractivity contribution in [1.82, 2.24) is 4.90 Å². The molecule has 0 spiro atoms. The predicted octanol–water partition coefficient (Wildman–Crippen LogP) is 1.36. The van der Waals surface area contributed by atoms with E-state index < -0.39 is 0 Å². The lowest BCUT2D eigenvalue weighted by molar-refractivity contribution is -0.129. The van der Waals surface area contributed by atoms with Crippen LogP contribution in [-0.2, 0) is 4.79 Å². The van der Waals surface area contributed by atoms with Gasteiger partial charge in [0.1, 0.15) is 0 Å². The number of carbonyl (C=O) groups excluding carboxylic acids is 1. The first kappa shape index (κ1) is 8.91. The summed E-state index contributed by atoms with van der Waals surface area (Å²) >= 11 is 1.89. The monoisotopic (exact) mass is 173 g/mol. The van der Waals surface area contributed by atoms with Gasteiger partial charge in [-0.15, -0.1) is 0 Å². The van der Waals surface area contributed by atoms with Crippen LogP contribution in [0.5, 0.6) is 0 Å². The molecule has 1 fully saturated rings. The molecular formula is C8H15NOS. The minimum Gasteiger partial charge on any atom is -0.345 e. The van der Waals surface area contributed by atoms with Crippen LogP contribution in [0.15, 0.2) is 0 Å². The van der Waals surface area contributed by atoms with Crippen LogP contribution in [0.1, 0.15) is 20.3 Å². The zero-order chi connectivity index (χ0) is 8.48. The summed E-state index contributed by atoms with van der Waals surface area (Å²) in [5, 5.41) is 0. The fourth-order valence-corrected chi connectivity index (χ4v) is 2.28. The van der Waals surface area contributed by atoms with Gasteiger partial charge in [-0.3, -0.25) is 4.79 Å². The Morgan fingerprint density at radius 3 is 2.82 bits per heavy atom. The minimum atomic E-state index is 0.141. The Balaban J connectivity index is 2.63. The number of thioether (sulfide) groups is 1. The van der Waals surface area contributed by atoms with E-state index in [1.807, 2.05) is 23.7 Å². The van der Waals surface area contributed by atoms with Gasteiger partial charge in [0, 0.05) is 30.5 Å². The van der Waals surface area contributed by atoms with Gasteiger partial charge in [0.2, 0.25) is 5.91 Å². The van der Waals surface area contributed by atoms with Crippen LogP contribution in [0, 0.1) is 0 Å². The molecule has 0 saturated carbocycles. The van der Waals surface area contributed by atoms with E-state index in [2.05, 4.69) is 13.8 Å². The van der Waals surface area contributed by atoms with E-state index >= 15 is 0 Å². The summed E-state index contributed by atoms with van der Waals surface area (Å²) < 4.78 is 0.141. The molecule has 1 amide bonds. The maximum absolute atomic E-state index is 11.3. The number of amides is 1. The summed E-state index contributed by atoms with van der Waals surface area (Å²) in [6.45, 7) is 5.16. The van der Waals surface area contributed by atoms with Crippen molar-refractivity contribution in [2.75, 3.05) is 19.3 Å². The molecule has 0 aromatic heterocycles. The molecule has 11 heavy (non-hydrogen) atoms. The van der Waals surface area contributed by atoms with E-state index in [9.17, 15) is 4.79 Å². The Morgan fingerprint density at radius 2 is 2.18 bits per heavy atom. The topological polar surface area (TPSA) is 20.3 Å². The number of hydrogen-bond donors (Lipinski definition) is 0. The fourth-order valence-electron chi connectivity index (χ4n) is 1.13. The summed E-state index contributed by atoms with van der Waals surface area (Å²) in [6, 6.07) is 0. The Kier molecular flexibility index (Phi) is 2.47. The summed E-state index contributed by atoms with van der Waals surface area (Å²) in [6.07, 6.45) is 0.675. The highest BCUT2D eigenvalue weighted by atomic mass is 32.2. The molecule has 0 atom stereocenters.